The largest absolute Gasteiger partial charge is 0.497 e. The number of likely N-dealkylation sites (tertiary alicyclic amines) is 1. The van der Waals surface area contributed by atoms with Crippen LogP contribution >= 0.6 is 0 Å². The quantitative estimate of drug-likeness (QED) is 0.719. The van der Waals surface area contributed by atoms with Gasteiger partial charge in [-0.3, -0.25) is 4.90 Å². The topological polar surface area (TPSA) is 21.7 Å². The van der Waals surface area contributed by atoms with E-state index >= 15 is 0 Å². The highest BCUT2D eigenvalue weighted by Crippen LogP contribution is 2.40. The Morgan fingerprint density at radius 3 is 2.56 bits per heavy atom. The van der Waals surface area contributed by atoms with Gasteiger partial charge >= 0.3 is 0 Å². The molecule has 3 heteroatoms. The van der Waals surface area contributed by atoms with Crippen molar-refractivity contribution >= 4 is 0 Å². The fraction of sp³-hybridized carbons (Fsp3) is 0.455. The Morgan fingerprint density at radius 2 is 1.84 bits per heavy atom. The van der Waals surface area contributed by atoms with Crippen LogP contribution in [-0.2, 0) is 5.41 Å². The predicted octanol–water partition coefficient (Wildman–Crippen LogP) is 4.86. The molecule has 1 saturated heterocycles. The first-order valence-corrected chi connectivity index (χ1v) is 9.27. The summed E-state index contributed by atoms with van der Waals surface area (Å²) in [5.41, 5.74) is 1.58. The molecule has 1 heterocycles. The number of nitrogens with zero attached hydrogens (tertiary/aromatic N) is 1. The number of rotatable bonds is 7. The Kier molecular flexibility index (Phi) is 5.64. The molecular weight excluding hydrogens is 310 g/mol. The predicted molar refractivity (Wildman–Crippen MR) is 102 cm³/mol. The summed E-state index contributed by atoms with van der Waals surface area (Å²) in [6.45, 7) is 6.52. The van der Waals surface area contributed by atoms with Crippen LogP contribution in [0.25, 0.3) is 0 Å². The van der Waals surface area contributed by atoms with Gasteiger partial charge in [0.1, 0.15) is 17.7 Å². The molecule has 0 N–H and O–H groups in total. The SMILES string of the molecule is CCCC1(c2cccc(OC)c2)CCN(C(C)Oc2ccccc2)C1. The van der Waals surface area contributed by atoms with Gasteiger partial charge in [-0.25, -0.2) is 0 Å². The van der Waals surface area contributed by atoms with Crippen LogP contribution < -0.4 is 9.47 Å². The van der Waals surface area contributed by atoms with Crippen LogP contribution in [0.3, 0.4) is 0 Å². The monoisotopic (exact) mass is 339 g/mol. The van der Waals surface area contributed by atoms with E-state index in [9.17, 15) is 0 Å². The number of hydrogen-bond donors (Lipinski definition) is 0. The Bertz CT molecular complexity index is 673. The summed E-state index contributed by atoms with van der Waals surface area (Å²) >= 11 is 0. The molecule has 0 amide bonds. The Morgan fingerprint density at radius 1 is 1.08 bits per heavy atom. The first kappa shape index (κ1) is 17.8. The van der Waals surface area contributed by atoms with Gasteiger partial charge in [0.25, 0.3) is 0 Å². The molecule has 3 rings (SSSR count). The summed E-state index contributed by atoms with van der Waals surface area (Å²) < 4.78 is 11.6. The molecule has 25 heavy (non-hydrogen) atoms. The zero-order valence-corrected chi connectivity index (χ0v) is 15.6. The molecule has 1 aliphatic rings. The number of benzene rings is 2. The van der Waals surface area contributed by atoms with Gasteiger partial charge in [0, 0.05) is 18.5 Å². The van der Waals surface area contributed by atoms with Gasteiger partial charge in [-0.15, -0.1) is 0 Å². The van der Waals surface area contributed by atoms with Crippen molar-refractivity contribution in [3.63, 3.8) is 0 Å². The van der Waals surface area contributed by atoms with Gasteiger partial charge in [-0.05, 0) is 49.6 Å². The molecule has 2 unspecified atom stereocenters. The summed E-state index contributed by atoms with van der Waals surface area (Å²) in [5.74, 6) is 1.88. The lowest BCUT2D eigenvalue weighted by Gasteiger charge is -2.32. The molecule has 2 atom stereocenters. The molecule has 1 fully saturated rings. The zero-order chi connectivity index (χ0) is 17.7. The normalized spacial score (nSPS) is 21.9. The van der Waals surface area contributed by atoms with Gasteiger partial charge in [0.05, 0.1) is 7.11 Å². The van der Waals surface area contributed by atoms with Crippen LogP contribution in [0.2, 0.25) is 0 Å². The van der Waals surface area contributed by atoms with Crippen LogP contribution in [0.1, 0.15) is 38.7 Å². The minimum absolute atomic E-state index is 0.0757. The van der Waals surface area contributed by atoms with E-state index in [4.69, 9.17) is 9.47 Å². The third-order valence-electron chi connectivity index (χ3n) is 5.36. The van der Waals surface area contributed by atoms with Gasteiger partial charge in [-0.1, -0.05) is 43.7 Å². The summed E-state index contributed by atoms with van der Waals surface area (Å²) in [7, 11) is 1.74. The van der Waals surface area contributed by atoms with Crippen molar-refractivity contribution in [2.75, 3.05) is 20.2 Å². The highest BCUT2D eigenvalue weighted by molar-refractivity contribution is 5.35. The average molecular weight is 339 g/mol. The van der Waals surface area contributed by atoms with E-state index in [1.165, 1.54) is 18.4 Å². The van der Waals surface area contributed by atoms with E-state index in [1.807, 2.05) is 36.4 Å². The molecule has 1 aliphatic heterocycles. The zero-order valence-electron chi connectivity index (χ0n) is 15.6. The Balaban J connectivity index is 1.76. The van der Waals surface area contributed by atoms with Crippen molar-refractivity contribution in [1.29, 1.82) is 0 Å². The van der Waals surface area contributed by atoms with Crippen molar-refractivity contribution < 1.29 is 9.47 Å². The van der Waals surface area contributed by atoms with Gasteiger partial charge in [0.15, 0.2) is 0 Å². The third kappa shape index (κ3) is 3.98. The van der Waals surface area contributed by atoms with Gasteiger partial charge < -0.3 is 9.47 Å². The van der Waals surface area contributed by atoms with Crippen molar-refractivity contribution in [3.05, 3.63) is 60.2 Å². The molecule has 0 aliphatic carbocycles. The number of ether oxygens (including phenoxy) is 2. The number of methoxy groups -OCH3 is 1. The summed E-state index contributed by atoms with van der Waals surface area (Å²) in [6, 6.07) is 18.7. The average Bonchev–Trinajstić information content (AvgIpc) is 3.08. The van der Waals surface area contributed by atoms with Crippen LogP contribution in [0.4, 0.5) is 0 Å². The fourth-order valence-electron chi connectivity index (χ4n) is 4.00. The van der Waals surface area contributed by atoms with Crippen molar-refractivity contribution in [2.45, 2.75) is 44.8 Å². The minimum Gasteiger partial charge on any atom is -0.497 e. The second-order valence-electron chi connectivity index (χ2n) is 7.01. The molecule has 0 bridgehead atoms. The van der Waals surface area contributed by atoms with Crippen LogP contribution in [-0.4, -0.2) is 31.3 Å². The maximum atomic E-state index is 6.15. The molecule has 0 aromatic heterocycles. The van der Waals surface area contributed by atoms with E-state index in [0.29, 0.717) is 0 Å². The van der Waals surface area contributed by atoms with E-state index < -0.39 is 0 Å². The van der Waals surface area contributed by atoms with E-state index in [-0.39, 0.29) is 11.6 Å². The summed E-state index contributed by atoms with van der Waals surface area (Å²) in [4.78, 5) is 2.46. The standard InChI is InChI=1S/C22H29NO2/c1-4-13-22(19-9-8-12-21(16-19)24-3)14-15-23(17-22)18(2)25-20-10-6-5-7-11-20/h5-12,16,18H,4,13-15,17H2,1-3H3. The molecule has 2 aromatic rings. The highest BCUT2D eigenvalue weighted by atomic mass is 16.5. The molecule has 2 aromatic carbocycles. The lowest BCUT2D eigenvalue weighted by molar-refractivity contribution is 0.0536. The third-order valence-corrected chi connectivity index (χ3v) is 5.36. The van der Waals surface area contributed by atoms with Crippen LogP contribution in [0.15, 0.2) is 54.6 Å². The molecule has 0 saturated carbocycles. The van der Waals surface area contributed by atoms with Crippen molar-refractivity contribution in [2.24, 2.45) is 0 Å². The van der Waals surface area contributed by atoms with E-state index in [2.05, 4.69) is 36.9 Å². The van der Waals surface area contributed by atoms with E-state index in [1.54, 1.807) is 7.11 Å². The summed E-state index contributed by atoms with van der Waals surface area (Å²) in [6.07, 6.45) is 3.61. The van der Waals surface area contributed by atoms with Gasteiger partial charge in [-0.2, -0.15) is 0 Å². The lowest BCUT2D eigenvalue weighted by atomic mass is 9.76. The molecule has 3 nitrogen and oxygen atoms in total. The smallest absolute Gasteiger partial charge is 0.149 e. The second kappa shape index (κ2) is 7.92. The first-order chi connectivity index (χ1) is 12.2. The van der Waals surface area contributed by atoms with Crippen LogP contribution in [0, 0.1) is 0 Å². The molecule has 0 radical (unpaired) electrons. The number of para-hydroxylation sites is 1. The fourth-order valence-corrected chi connectivity index (χ4v) is 4.00. The number of hydrogen-bond acceptors (Lipinski definition) is 3. The molecule has 0 spiro atoms. The summed E-state index contributed by atoms with van der Waals surface area (Å²) in [5, 5.41) is 0. The highest BCUT2D eigenvalue weighted by Gasteiger charge is 2.40. The maximum Gasteiger partial charge on any atom is 0.149 e. The van der Waals surface area contributed by atoms with Crippen molar-refractivity contribution in [3.8, 4) is 11.5 Å². The Labute approximate surface area is 151 Å². The lowest BCUT2D eigenvalue weighted by Crippen LogP contribution is -2.38. The van der Waals surface area contributed by atoms with Crippen LogP contribution in [0.5, 0.6) is 11.5 Å². The van der Waals surface area contributed by atoms with Gasteiger partial charge in [0.2, 0.25) is 0 Å². The minimum atomic E-state index is 0.0757. The molecule has 134 valence electrons. The second-order valence-corrected chi connectivity index (χ2v) is 7.01. The van der Waals surface area contributed by atoms with Crippen molar-refractivity contribution in [1.82, 2.24) is 4.90 Å². The molecular formula is C22H29NO2. The van der Waals surface area contributed by atoms with E-state index in [0.717, 1.165) is 31.0 Å². The Hall–Kier alpha value is -2.00. The first-order valence-electron chi connectivity index (χ1n) is 9.27. The maximum absolute atomic E-state index is 6.15.